The Balaban J connectivity index is 3.92. The topological polar surface area (TPSA) is 17.1 Å². The third-order valence-corrected chi connectivity index (χ3v) is 2.42. The Hall–Kier alpha value is -1.37. The summed E-state index contributed by atoms with van der Waals surface area (Å²) in [5.74, 6) is 0.0353. The van der Waals surface area contributed by atoms with Gasteiger partial charge in [-0.15, -0.1) is 13.2 Å². The van der Waals surface area contributed by atoms with Gasteiger partial charge in [-0.05, 0) is 49.7 Å². The third kappa shape index (κ3) is 6.18. The molecule has 0 heterocycles. The number of hydrogen-bond acceptors (Lipinski definition) is 1. The maximum absolute atomic E-state index is 11.8. The largest absolute Gasteiger partial charge is 0.289 e. The van der Waals surface area contributed by atoms with E-state index in [0.717, 1.165) is 38.5 Å². The molecule has 0 fully saturated rings. The highest BCUT2D eigenvalue weighted by Crippen LogP contribution is 2.15. The molecular weight excluding hydrogens is 196 g/mol. The second-order valence-electron chi connectivity index (χ2n) is 3.90. The van der Waals surface area contributed by atoms with Crippen molar-refractivity contribution in [3.8, 4) is 0 Å². The summed E-state index contributed by atoms with van der Waals surface area (Å²) in [7, 11) is 0. The Morgan fingerprint density at radius 1 is 0.875 bits per heavy atom. The zero-order valence-electron chi connectivity index (χ0n) is 10.1. The second-order valence-corrected chi connectivity index (χ2v) is 3.90. The van der Waals surface area contributed by atoms with Crippen LogP contribution in [-0.4, -0.2) is 5.78 Å². The maximum Gasteiger partial charge on any atom is 0.183 e. The molecule has 0 saturated heterocycles. The van der Waals surface area contributed by atoms with Crippen LogP contribution in [-0.2, 0) is 4.79 Å². The first-order valence-electron chi connectivity index (χ1n) is 5.75. The fraction of sp³-hybridized carbons (Fsp3) is 0.400. The molecule has 0 rings (SSSR count). The number of hydrogen-bond donors (Lipinski definition) is 0. The van der Waals surface area contributed by atoms with E-state index in [0.29, 0.717) is 11.1 Å². The van der Waals surface area contributed by atoms with Gasteiger partial charge in [0.05, 0.1) is 0 Å². The smallest absolute Gasteiger partial charge is 0.183 e. The summed E-state index contributed by atoms with van der Waals surface area (Å²) >= 11 is 0. The molecular formula is C15H22O. The van der Waals surface area contributed by atoms with Crippen LogP contribution in [0.3, 0.4) is 0 Å². The Bertz CT molecular complexity index is 256. The van der Waals surface area contributed by atoms with Gasteiger partial charge in [-0.3, -0.25) is 4.79 Å². The van der Waals surface area contributed by atoms with Gasteiger partial charge in [0.2, 0.25) is 0 Å². The summed E-state index contributed by atoms with van der Waals surface area (Å²) in [4.78, 5) is 11.8. The molecule has 16 heavy (non-hydrogen) atoms. The van der Waals surface area contributed by atoms with E-state index in [-0.39, 0.29) is 5.78 Å². The fourth-order valence-electron chi connectivity index (χ4n) is 1.40. The number of Topliss-reactive ketones (excluding diaryl/α,β-unsaturated/α-hetero) is 1. The number of carbonyl (C=O) groups is 1. The molecule has 0 aliphatic carbocycles. The van der Waals surface area contributed by atoms with Crippen LogP contribution in [0.1, 0.15) is 38.5 Å². The average molecular weight is 218 g/mol. The van der Waals surface area contributed by atoms with E-state index in [1.165, 1.54) is 0 Å². The zero-order valence-corrected chi connectivity index (χ0v) is 10.1. The van der Waals surface area contributed by atoms with E-state index >= 15 is 0 Å². The van der Waals surface area contributed by atoms with Crippen molar-refractivity contribution < 1.29 is 4.79 Å². The van der Waals surface area contributed by atoms with Gasteiger partial charge in [-0.2, -0.15) is 0 Å². The Kier molecular flexibility index (Phi) is 8.14. The molecule has 1 nitrogen and oxygen atoms in total. The van der Waals surface area contributed by atoms with E-state index in [2.05, 4.69) is 26.3 Å². The summed E-state index contributed by atoms with van der Waals surface area (Å²) in [6.45, 7) is 14.9. The van der Waals surface area contributed by atoms with Crippen LogP contribution in [0.5, 0.6) is 0 Å². The molecule has 0 aromatic heterocycles. The minimum Gasteiger partial charge on any atom is -0.289 e. The van der Waals surface area contributed by atoms with E-state index in [1.807, 2.05) is 12.2 Å². The maximum atomic E-state index is 11.8. The summed E-state index contributed by atoms with van der Waals surface area (Å²) in [5.41, 5.74) is 1.34. The van der Waals surface area contributed by atoms with Gasteiger partial charge < -0.3 is 0 Å². The van der Waals surface area contributed by atoms with Crippen molar-refractivity contribution in [3.63, 3.8) is 0 Å². The molecule has 0 bridgehead atoms. The van der Waals surface area contributed by atoms with E-state index in [9.17, 15) is 4.79 Å². The lowest BCUT2D eigenvalue weighted by Gasteiger charge is -2.06. The number of allylic oxidation sites excluding steroid dienone is 4. The van der Waals surface area contributed by atoms with Crippen molar-refractivity contribution in [2.75, 3.05) is 0 Å². The Labute approximate surface area is 99.3 Å². The van der Waals surface area contributed by atoms with Crippen LogP contribution in [0.15, 0.2) is 49.6 Å². The van der Waals surface area contributed by atoms with E-state index in [4.69, 9.17) is 0 Å². The van der Waals surface area contributed by atoms with Crippen LogP contribution in [0.4, 0.5) is 0 Å². The van der Waals surface area contributed by atoms with Crippen molar-refractivity contribution in [3.05, 3.63) is 49.6 Å². The predicted octanol–water partition coefficient (Wildman–Crippen LogP) is 4.38. The minimum absolute atomic E-state index is 0.0353. The molecule has 0 aliphatic heterocycles. The second kappa shape index (κ2) is 8.90. The highest BCUT2D eigenvalue weighted by atomic mass is 16.1. The van der Waals surface area contributed by atoms with Gasteiger partial charge in [0.25, 0.3) is 0 Å². The molecule has 0 radical (unpaired) electrons. The standard InChI is InChI=1S/C15H22O/c1-5-7-9-11-13(3)15(16)14(4)12-10-8-6-2/h5-6H,1-4,7-12H2. The first-order valence-corrected chi connectivity index (χ1v) is 5.75. The molecule has 0 aromatic carbocycles. The molecule has 0 aliphatic rings. The van der Waals surface area contributed by atoms with Gasteiger partial charge in [0.15, 0.2) is 5.78 Å². The lowest BCUT2D eigenvalue weighted by atomic mass is 9.98. The molecule has 0 saturated carbocycles. The van der Waals surface area contributed by atoms with Gasteiger partial charge in [-0.25, -0.2) is 0 Å². The summed E-state index contributed by atoms with van der Waals surface area (Å²) in [6, 6.07) is 0. The monoisotopic (exact) mass is 218 g/mol. The third-order valence-electron chi connectivity index (χ3n) is 2.42. The molecule has 0 spiro atoms. The van der Waals surface area contributed by atoms with Crippen LogP contribution in [0.25, 0.3) is 0 Å². The van der Waals surface area contributed by atoms with Gasteiger partial charge in [0, 0.05) is 0 Å². The average Bonchev–Trinajstić information content (AvgIpc) is 2.28. The van der Waals surface area contributed by atoms with Crippen LogP contribution in [0.2, 0.25) is 0 Å². The molecule has 1 heteroatoms. The summed E-state index contributed by atoms with van der Waals surface area (Å²) < 4.78 is 0. The van der Waals surface area contributed by atoms with Crippen molar-refractivity contribution in [1.82, 2.24) is 0 Å². The lowest BCUT2D eigenvalue weighted by molar-refractivity contribution is -0.112. The number of rotatable bonds is 10. The Morgan fingerprint density at radius 3 is 1.56 bits per heavy atom. The molecule has 0 unspecified atom stereocenters. The van der Waals surface area contributed by atoms with Crippen LogP contribution in [0, 0.1) is 0 Å². The summed E-state index contributed by atoms with van der Waals surface area (Å²) in [6.07, 6.45) is 8.93. The van der Waals surface area contributed by atoms with E-state index < -0.39 is 0 Å². The molecule has 0 amide bonds. The van der Waals surface area contributed by atoms with Crippen molar-refractivity contribution >= 4 is 5.78 Å². The fourth-order valence-corrected chi connectivity index (χ4v) is 1.40. The zero-order chi connectivity index (χ0) is 12.4. The van der Waals surface area contributed by atoms with Gasteiger partial charge in [0.1, 0.15) is 0 Å². The normalized spacial score (nSPS) is 9.50. The van der Waals surface area contributed by atoms with Gasteiger partial charge in [-0.1, -0.05) is 25.3 Å². The SMILES string of the molecule is C=CCCCC(=C)C(=O)C(=C)CCCC=C. The molecule has 88 valence electrons. The predicted molar refractivity (Wildman–Crippen MR) is 71.4 cm³/mol. The first kappa shape index (κ1) is 14.6. The number of carbonyl (C=O) groups excluding carboxylic acids is 1. The van der Waals surface area contributed by atoms with Crippen LogP contribution < -0.4 is 0 Å². The lowest BCUT2D eigenvalue weighted by Crippen LogP contribution is -2.04. The number of unbranched alkanes of at least 4 members (excludes halogenated alkanes) is 2. The van der Waals surface area contributed by atoms with Crippen LogP contribution >= 0.6 is 0 Å². The molecule has 0 N–H and O–H groups in total. The molecule has 0 aromatic rings. The summed E-state index contributed by atoms with van der Waals surface area (Å²) in [5, 5.41) is 0. The number of ketones is 1. The first-order chi connectivity index (χ1) is 7.63. The van der Waals surface area contributed by atoms with E-state index in [1.54, 1.807) is 0 Å². The van der Waals surface area contributed by atoms with Crippen molar-refractivity contribution in [2.24, 2.45) is 0 Å². The Morgan fingerprint density at radius 2 is 1.25 bits per heavy atom. The highest BCUT2D eigenvalue weighted by molar-refractivity contribution is 6.07. The minimum atomic E-state index is 0.0353. The quantitative estimate of drug-likeness (QED) is 0.302. The van der Waals surface area contributed by atoms with Crippen molar-refractivity contribution in [2.45, 2.75) is 38.5 Å². The van der Waals surface area contributed by atoms with Crippen molar-refractivity contribution in [1.29, 1.82) is 0 Å². The molecule has 0 atom stereocenters. The highest BCUT2D eigenvalue weighted by Gasteiger charge is 2.10. The van der Waals surface area contributed by atoms with Gasteiger partial charge >= 0.3 is 0 Å².